The molecule has 0 aliphatic rings. The SMILES string of the molecule is C=C/C(=C\C=C/C)CC(CC(CCC)CCC)C(C)(C)C. The van der Waals surface area contributed by atoms with Gasteiger partial charge in [-0.25, -0.2) is 0 Å². The predicted molar refractivity (Wildman–Crippen MR) is 98.6 cm³/mol. The van der Waals surface area contributed by atoms with Gasteiger partial charge in [-0.3, -0.25) is 0 Å². The maximum absolute atomic E-state index is 4.00. The molecule has 0 aliphatic carbocycles. The molecule has 0 saturated carbocycles. The minimum atomic E-state index is 0.359. The average Bonchev–Trinajstić information content (AvgIpc) is 2.41. The lowest BCUT2D eigenvalue weighted by atomic mass is 9.71. The second-order valence-corrected chi connectivity index (χ2v) is 7.42. The first-order valence-electron chi connectivity index (χ1n) is 8.83. The number of rotatable bonds is 10. The lowest BCUT2D eigenvalue weighted by Gasteiger charge is -2.34. The van der Waals surface area contributed by atoms with Crippen LogP contribution in [0.2, 0.25) is 0 Å². The van der Waals surface area contributed by atoms with Crippen LogP contribution in [0.3, 0.4) is 0 Å². The highest BCUT2D eigenvalue weighted by atomic mass is 14.3. The van der Waals surface area contributed by atoms with E-state index in [9.17, 15) is 0 Å². The van der Waals surface area contributed by atoms with Gasteiger partial charge in [-0.05, 0) is 42.6 Å². The third-order valence-corrected chi connectivity index (χ3v) is 4.48. The Morgan fingerprint density at radius 1 is 1.10 bits per heavy atom. The molecule has 0 spiro atoms. The van der Waals surface area contributed by atoms with Crippen LogP contribution in [0.5, 0.6) is 0 Å². The van der Waals surface area contributed by atoms with Gasteiger partial charge in [-0.15, -0.1) is 0 Å². The summed E-state index contributed by atoms with van der Waals surface area (Å²) in [5.74, 6) is 1.62. The smallest absolute Gasteiger partial charge is 0.0245 e. The van der Waals surface area contributed by atoms with Gasteiger partial charge in [-0.2, -0.15) is 0 Å². The lowest BCUT2D eigenvalue weighted by molar-refractivity contribution is 0.185. The van der Waals surface area contributed by atoms with E-state index in [2.05, 4.69) is 66.3 Å². The maximum atomic E-state index is 4.00. The summed E-state index contributed by atoms with van der Waals surface area (Å²) in [6, 6.07) is 0. The summed E-state index contributed by atoms with van der Waals surface area (Å²) in [6.07, 6.45) is 16.4. The molecule has 1 atom stereocenters. The summed E-state index contributed by atoms with van der Waals surface area (Å²) < 4.78 is 0. The summed E-state index contributed by atoms with van der Waals surface area (Å²) in [7, 11) is 0. The van der Waals surface area contributed by atoms with E-state index >= 15 is 0 Å². The average molecular weight is 291 g/mol. The van der Waals surface area contributed by atoms with Crippen molar-refractivity contribution in [1.29, 1.82) is 0 Å². The van der Waals surface area contributed by atoms with Gasteiger partial charge >= 0.3 is 0 Å². The fourth-order valence-corrected chi connectivity index (χ4v) is 3.07. The maximum Gasteiger partial charge on any atom is -0.0245 e. The molecule has 0 aromatic carbocycles. The standard InChI is InChI=1S/C21H38/c1-8-12-15-18(11-4)16-20(21(5,6)7)17-19(13-9-2)14-10-3/h8,11-12,15,19-20H,4,9-10,13-14,16-17H2,1-3,5-7H3/b12-8-,18-15+. The second kappa shape index (κ2) is 10.9. The molecule has 0 aromatic rings. The van der Waals surface area contributed by atoms with Crippen molar-refractivity contribution in [3.8, 4) is 0 Å². The Morgan fingerprint density at radius 3 is 2.05 bits per heavy atom. The normalized spacial score (nSPS) is 14.9. The van der Waals surface area contributed by atoms with Crippen LogP contribution >= 0.6 is 0 Å². The number of allylic oxidation sites excluding steroid dienone is 5. The Balaban J connectivity index is 4.98. The monoisotopic (exact) mass is 290 g/mol. The van der Waals surface area contributed by atoms with Crippen molar-refractivity contribution < 1.29 is 0 Å². The zero-order valence-electron chi connectivity index (χ0n) is 15.4. The molecule has 122 valence electrons. The van der Waals surface area contributed by atoms with Gasteiger partial charge < -0.3 is 0 Å². The van der Waals surface area contributed by atoms with E-state index in [1.54, 1.807) is 0 Å². The Hall–Kier alpha value is -0.780. The number of hydrogen-bond donors (Lipinski definition) is 0. The molecule has 21 heavy (non-hydrogen) atoms. The van der Waals surface area contributed by atoms with Crippen LogP contribution in [0.15, 0.2) is 36.5 Å². The molecule has 0 bridgehead atoms. The third kappa shape index (κ3) is 8.96. The third-order valence-electron chi connectivity index (χ3n) is 4.48. The molecule has 0 heteroatoms. The molecule has 0 aromatic heterocycles. The molecule has 0 radical (unpaired) electrons. The van der Waals surface area contributed by atoms with Gasteiger partial charge in [0.05, 0.1) is 0 Å². The molecule has 0 fully saturated rings. The van der Waals surface area contributed by atoms with Crippen LogP contribution in [0.1, 0.15) is 80.1 Å². The Kier molecular flexibility index (Phi) is 10.5. The molecule has 0 nitrogen and oxygen atoms in total. The van der Waals surface area contributed by atoms with Gasteiger partial charge in [-0.1, -0.05) is 91.2 Å². The summed E-state index contributed by atoms with van der Waals surface area (Å²) in [4.78, 5) is 0. The van der Waals surface area contributed by atoms with Crippen molar-refractivity contribution in [3.05, 3.63) is 36.5 Å². The van der Waals surface area contributed by atoms with Crippen molar-refractivity contribution in [2.75, 3.05) is 0 Å². The van der Waals surface area contributed by atoms with Crippen molar-refractivity contribution >= 4 is 0 Å². The van der Waals surface area contributed by atoms with Crippen LogP contribution in [-0.2, 0) is 0 Å². The molecule has 1 unspecified atom stereocenters. The van der Waals surface area contributed by atoms with Crippen LogP contribution in [-0.4, -0.2) is 0 Å². The van der Waals surface area contributed by atoms with E-state index in [-0.39, 0.29) is 0 Å². The van der Waals surface area contributed by atoms with E-state index in [1.807, 2.05) is 6.08 Å². The van der Waals surface area contributed by atoms with E-state index in [0.717, 1.165) is 18.3 Å². The molecule has 0 aliphatic heterocycles. The largest absolute Gasteiger partial charge is 0.0988 e. The molecule has 0 amide bonds. The highest BCUT2D eigenvalue weighted by molar-refractivity contribution is 5.22. The van der Waals surface area contributed by atoms with Gasteiger partial charge in [0.2, 0.25) is 0 Å². The molecule has 0 saturated heterocycles. The first kappa shape index (κ1) is 20.2. The minimum Gasteiger partial charge on any atom is -0.0988 e. The second-order valence-electron chi connectivity index (χ2n) is 7.42. The van der Waals surface area contributed by atoms with Gasteiger partial charge in [0.25, 0.3) is 0 Å². The van der Waals surface area contributed by atoms with Crippen LogP contribution in [0.4, 0.5) is 0 Å². The predicted octanol–water partition coefficient (Wildman–Crippen LogP) is 7.33. The fourth-order valence-electron chi connectivity index (χ4n) is 3.07. The molecule has 0 N–H and O–H groups in total. The fraction of sp³-hybridized carbons (Fsp3) is 0.714. The van der Waals surface area contributed by atoms with E-state index in [4.69, 9.17) is 0 Å². The summed E-state index contributed by atoms with van der Waals surface area (Å²) in [6.45, 7) is 17.9. The molecular formula is C21H38. The van der Waals surface area contributed by atoms with Gasteiger partial charge in [0.1, 0.15) is 0 Å². The Bertz CT molecular complexity index is 318. The zero-order chi connectivity index (χ0) is 16.3. The summed E-state index contributed by atoms with van der Waals surface area (Å²) in [5, 5.41) is 0. The first-order chi connectivity index (χ1) is 9.88. The highest BCUT2D eigenvalue weighted by Crippen LogP contribution is 2.38. The topological polar surface area (TPSA) is 0 Å². The zero-order valence-corrected chi connectivity index (χ0v) is 15.4. The molecular weight excluding hydrogens is 252 g/mol. The highest BCUT2D eigenvalue weighted by Gasteiger charge is 2.27. The van der Waals surface area contributed by atoms with E-state index in [0.29, 0.717) is 5.41 Å². The van der Waals surface area contributed by atoms with Crippen LogP contribution in [0, 0.1) is 17.3 Å². The van der Waals surface area contributed by atoms with Crippen molar-refractivity contribution in [1.82, 2.24) is 0 Å². The minimum absolute atomic E-state index is 0.359. The first-order valence-corrected chi connectivity index (χ1v) is 8.83. The van der Waals surface area contributed by atoms with Crippen molar-refractivity contribution in [3.63, 3.8) is 0 Å². The van der Waals surface area contributed by atoms with Crippen molar-refractivity contribution in [2.45, 2.75) is 80.1 Å². The molecule has 0 heterocycles. The van der Waals surface area contributed by atoms with Crippen LogP contribution < -0.4 is 0 Å². The Morgan fingerprint density at radius 2 is 1.67 bits per heavy atom. The quantitative estimate of drug-likeness (QED) is 0.369. The summed E-state index contributed by atoms with van der Waals surface area (Å²) >= 11 is 0. The van der Waals surface area contributed by atoms with Crippen LogP contribution in [0.25, 0.3) is 0 Å². The van der Waals surface area contributed by atoms with Gasteiger partial charge in [0, 0.05) is 0 Å². The molecule has 0 rings (SSSR count). The van der Waals surface area contributed by atoms with Crippen molar-refractivity contribution in [2.24, 2.45) is 17.3 Å². The van der Waals surface area contributed by atoms with E-state index < -0.39 is 0 Å². The lowest BCUT2D eigenvalue weighted by Crippen LogP contribution is -2.24. The van der Waals surface area contributed by atoms with Gasteiger partial charge in [0.15, 0.2) is 0 Å². The van der Waals surface area contributed by atoms with E-state index in [1.165, 1.54) is 37.7 Å². The number of hydrogen-bond acceptors (Lipinski definition) is 0. The Labute approximate surface area is 134 Å². The summed E-state index contributed by atoms with van der Waals surface area (Å²) in [5.41, 5.74) is 1.73.